The van der Waals surface area contributed by atoms with Gasteiger partial charge in [0, 0.05) is 19.1 Å². The summed E-state index contributed by atoms with van der Waals surface area (Å²) >= 11 is 0. The van der Waals surface area contributed by atoms with Crippen molar-refractivity contribution < 1.29 is 13.2 Å². The first-order chi connectivity index (χ1) is 9.29. The zero-order chi connectivity index (χ0) is 14.9. The van der Waals surface area contributed by atoms with Gasteiger partial charge in [-0.25, -0.2) is 4.98 Å². The first kappa shape index (κ1) is 14.9. The Balaban J connectivity index is 2.31. The molecule has 1 aromatic heterocycles. The van der Waals surface area contributed by atoms with Crippen LogP contribution in [0.1, 0.15) is 18.5 Å². The van der Waals surface area contributed by atoms with Crippen LogP contribution in [0.3, 0.4) is 0 Å². The second kappa shape index (κ2) is 5.47. The van der Waals surface area contributed by atoms with Crippen LogP contribution in [-0.4, -0.2) is 43.1 Å². The molecule has 0 aliphatic carbocycles. The van der Waals surface area contributed by atoms with Crippen molar-refractivity contribution in [2.75, 3.05) is 37.8 Å². The van der Waals surface area contributed by atoms with Gasteiger partial charge in [0.05, 0.1) is 17.6 Å². The van der Waals surface area contributed by atoms with E-state index in [0.29, 0.717) is 11.4 Å². The lowest BCUT2D eigenvalue weighted by atomic mass is 10.2. The lowest BCUT2D eigenvalue weighted by Gasteiger charge is -2.30. The number of halogens is 3. The van der Waals surface area contributed by atoms with Crippen LogP contribution >= 0.6 is 0 Å². The largest absolute Gasteiger partial charge is 0.433 e. The molecule has 2 N–H and O–H groups in total. The van der Waals surface area contributed by atoms with Gasteiger partial charge in [0.2, 0.25) is 0 Å². The van der Waals surface area contributed by atoms with Gasteiger partial charge in [-0.2, -0.15) is 13.2 Å². The number of rotatable bonds is 3. The van der Waals surface area contributed by atoms with Gasteiger partial charge in [-0.15, -0.1) is 0 Å². The van der Waals surface area contributed by atoms with Crippen LogP contribution in [0, 0.1) is 0 Å². The molecule has 4 nitrogen and oxygen atoms in total. The molecule has 0 aromatic carbocycles. The fourth-order valence-electron chi connectivity index (χ4n) is 2.62. The second-order valence-corrected chi connectivity index (χ2v) is 5.38. The molecular weight excluding hydrogens is 269 g/mol. The molecule has 1 atom stereocenters. The van der Waals surface area contributed by atoms with E-state index in [2.05, 4.69) is 4.98 Å². The van der Waals surface area contributed by atoms with E-state index in [1.54, 1.807) is 0 Å². The number of nitrogens with two attached hydrogens (primary N) is 1. The van der Waals surface area contributed by atoms with Crippen LogP contribution in [0.15, 0.2) is 12.3 Å². The molecular formula is C13H19F3N4. The average molecular weight is 288 g/mol. The molecule has 20 heavy (non-hydrogen) atoms. The summed E-state index contributed by atoms with van der Waals surface area (Å²) in [5.74, 6) is 0. The van der Waals surface area contributed by atoms with E-state index >= 15 is 0 Å². The number of nitrogen functional groups attached to an aromatic ring is 1. The number of aromatic nitrogens is 1. The molecule has 0 radical (unpaired) electrons. The van der Waals surface area contributed by atoms with Gasteiger partial charge in [-0.05, 0) is 33.0 Å². The number of nitrogens with zero attached hydrogens (tertiary/aromatic N) is 3. The Morgan fingerprint density at radius 2 is 2.15 bits per heavy atom. The van der Waals surface area contributed by atoms with Gasteiger partial charge in [-0.1, -0.05) is 0 Å². The number of anilines is 2. The molecule has 0 bridgehead atoms. The molecule has 1 aromatic rings. The predicted octanol–water partition coefficient (Wildman–Crippen LogP) is 2.21. The Hall–Kier alpha value is -1.50. The molecule has 1 saturated heterocycles. The molecule has 2 heterocycles. The highest BCUT2D eigenvalue weighted by Gasteiger charge is 2.34. The minimum absolute atomic E-state index is 0.191. The van der Waals surface area contributed by atoms with Gasteiger partial charge in [-0.3, -0.25) is 0 Å². The van der Waals surface area contributed by atoms with E-state index in [4.69, 9.17) is 5.73 Å². The highest BCUT2D eigenvalue weighted by Crippen LogP contribution is 2.35. The highest BCUT2D eigenvalue weighted by atomic mass is 19.4. The van der Waals surface area contributed by atoms with Crippen LogP contribution in [0.4, 0.5) is 24.5 Å². The normalized spacial score (nSPS) is 19.9. The van der Waals surface area contributed by atoms with Crippen molar-refractivity contribution >= 4 is 11.4 Å². The van der Waals surface area contributed by atoms with E-state index in [-0.39, 0.29) is 6.04 Å². The van der Waals surface area contributed by atoms with Gasteiger partial charge in [0.25, 0.3) is 0 Å². The summed E-state index contributed by atoms with van der Waals surface area (Å²) in [5, 5.41) is 0. The second-order valence-electron chi connectivity index (χ2n) is 5.38. The molecule has 1 fully saturated rings. The van der Waals surface area contributed by atoms with E-state index in [9.17, 15) is 13.2 Å². The molecule has 0 spiro atoms. The Morgan fingerprint density at radius 1 is 1.45 bits per heavy atom. The van der Waals surface area contributed by atoms with Crippen LogP contribution < -0.4 is 10.6 Å². The number of pyridine rings is 1. The number of hydrogen-bond donors (Lipinski definition) is 1. The Kier molecular flexibility index (Phi) is 4.08. The van der Waals surface area contributed by atoms with Crippen molar-refractivity contribution in [2.24, 2.45) is 0 Å². The summed E-state index contributed by atoms with van der Waals surface area (Å²) in [6, 6.07) is 1.25. The molecule has 0 saturated carbocycles. The van der Waals surface area contributed by atoms with Crippen molar-refractivity contribution in [3.8, 4) is 0 Å². The van der Waals surface area contributed by atoms with E-state index in [1.807, 2.05) is 23.9 Å². The minimum atomic E-state index is -4.45. The maximum absolute atomic E-state index is 12.8. The first-order valence-electron chi connectivity index (χ1n) is 6.53. The van der Waals surface area contributed by atoms with Gasteiger partial charge in [0.1, 0.15) is 5.69 Å². The maximum Gasteiger partial charge on any atom is 0.433 e. The number of alkyl halides is 3. The third-order valence-electron chi connectivity index (χ3n) is 3.46. The van der Waals surface area contributed by atoms with Crippen LogP contribution in [0.25, 0.3) is 0 Å². The van der Waals surface area contributed by atoms with Crippen molar-refractivity contribution in [3.05, 3.63) is 18.0 Å². The lowest BCUT2D eigenvalue weighted by Crippen LogP contribution is -2.38. The van der Waals surface area contributed by atoms with Crippen molar-refractivity contribution in [1.29, 1.82) is 0 Å². The SMILES string of the molecule is CN(C)CC1CCCN1c1cc(C(F)(F)F)ncc1N. The molecule has 2 rings (SSSR count). The van der Waals surface area contributed by atoms with Crippen molar-refractivity contribution in [3.63, 3.8) is 0 Å². The molecule has 0 amide bonds. The summed E-state index contributed by atoms with van der Waals surface area (Å²) in [7, 11) is 3.90. The quantitative estimate of drug-likeness (QED) is 0.926. The van der Waals surface area contributed by atoms with E-state index in [1.165, 1.54) is 0 Å². The highest BCUT2D eigenvalue weighted by molar-refractivity contribution is 5.68. The molecule has 1 aliphatic rings. The van der Waals surface area contributed by atoms with Crippen LogP contribution in [-0.2, 0) is 6.18 Å². The zero-order valence-electron chi connectivity index (χ0n) is 11.6. The fourth-order valence-corrected chi connectivity index (χ4v) is 2.62. The lowest BCUT2D eigenvalue weighted by molar-refractivity contribution is -0.141. The first-order valence-corrected chi connectivity index (χ1v) is 6.53. The Bertz CT molecular complexity index is 473. The zero-order valence-corrected chi connectivity index (χ0v) is 11.6. The maximum atomic E-state index is 12.8. The Labute approximate surface area is 116 Å². The van der Waals surface area contributed by atoms with E-state index in [0.717, 1.165) is 38.2 Å². The summed E-state index contributed by atoms with van der Waals surface area (Å²) < 4.78 is 38.3. The van der Waals surface area contributed by atoms with Crippen LogP contribution in [0.5, 0.6) is 0 Å². The summed E-state index contributed by atoms with van der Waals surface area (Å²) in [4.78, 5) is 7.38. The number of likely N-dealkylation sites (N-methyl/N-ethyl adjacent to an activating group) is 1. The van der Waals surface area contributed by atoms with Crippen molar-refractivity contribution in [1.82, 2.24) is 9.88 Å². The smallest absolute Gasteiger partial charge is 0.396 e. The minimum Gasteiger partial charge on any atom is -0.396 e. The fraction of sp³-hybridized carbons (Fsp3) is 0.615. The monoisotopic (exact) mass is 288 g/mol. The number of hydrogen-bond acceptors (Lipinski definition) is 4. The third-order valence-corrected chi connectivity index (χ3v) is 3.46. The summed E-state index contributed by atoms with van der Waals surface area (Å²) in [6.07, 6.45) is -1.43. The molecule has 7 heteroatoms. The Morgan fingerprint density at radius 3 is 2.75 bits per heavy atom. The van der Waals surface area contributed by atoms with Gasteiger partial charge < -0.3 is 15.5 Å². The predicted molar refractivity (Wildman–Crippen MR) is 72.6 cm³/mol. The molecule has 1 aliphatic heterocycles. The summed E-state index contributed by atoms with van der Waals surface area (Å²) in [6.45, 7) is 1.52. The van der Waals surface area contributed by atoms with E-state index < -0.39 is 11.9 Å². The van der Waals surface area contributed by atoms with Crippen LogP contribution in [0.2, 0.25) is 0 Å². The van der Waals surface area contributed by atoms with Gasteiger partial charge in [0.15, 0.2) is 0 Å². The topological polar surface area (TPSA) is 45.4 Å². The standard InChI is InChI=1S/C13H19F3N4/c1-19(2)8-9-4-3-5-20(9)11-6-12(13(14,15)16)18-7-10(11)17/h6-7,9H,3-5,8,17H2,1-2H3. The third kappa shape index (κ3) is 3.15. The molecule has 1 unspecified atom stereocenters. The summed E-state index contributed by atoms with van der Waals surface area (Å²) in [5.41, 5.74) is 5.67. The van der Waals surface area contributed by atoms with Gasteiger partial charge >= 0.3 is 6.18 Å². The van der Waals surface area contributed by atoms with Crippen molar-refractivity contribution in [2.45, 2.75) is 25.1 Å². The average Bonchev–Trinajstić information content (AvgIpc) is 2.75. The molecule has 112 valence electrons.